The lowest BCUT2D eigenvalue weighted by molar-refractivity contribution is 0.0527. The molecule has 7 heteroatoms. The molecule has 0 saturated heterocycles. The number of thiophene rings is 1. The summed E-state index contributed by atoms with van der Waals surface area (Å²) in [5.41, 5.74) is 7.30. The van der Waals surface area contributed by atoms with Crippen molar-refractivity contribution in [3.05, 3.63) is 51.4 Å². The third-order valence-electron chi connectivity index (χ3n) is 3.36. The van der Waals surface area contributed by atoms with Crippen LogP contribution in [0.25, 0.3) is 0 Å². The van der Waals surface area contributed by atoms with Crippen LogP contribution in [-0.2, 0) is 4.74 Å². The van der Waals surface area contributed by atoms with E-state index in [0.29, 0.717) is 11.1 Å². The molecule has 2 aromatic rings. The highest BCUT2D eigenvalue weighted by Crippen LogP contribution is 2.33. The minimum atomic E-state index is -0.654. The molecule has 0 aliphatic heterocycles. The molecule has 1 heterocycles. The van der Waals surface area contributed by atoms with E-state index in [1.807, 2.05) is 13.0 Å². The number of carbonyl (C=O) groups is 3. The number of aryl methyl sites for hydroxylation is 1. The predicted molar refractivity (Wildman–Crippen MR) is 92.7 cm³/mol. The van der Waals surface area contributed by atoms with E-state index in [4.69, 9.17) is 10.5 Å². The van der Waals surface area contributed by atoms with Crippen LogP contribution >= 0.6 is 11.3 Å². The maximum Gasteiger partial charge on any atom is 0.341 e. The van der Waals surface area contributed by atoms with Crippen LogP contribution in [0.5, 0.6) is 0 Å². The molecule has 0 spiro atoms. The van der Waals surface area contributed by atoms with Gasteiger partial charge in [0.15, 0.2) is 0 Å². The monoisotopic (exact) mass is 346 g/mol. The fourth-order valence-corrected chi connectivity index (χ4v) is 3.29. The lowest BCUT2D eigenvalue weighted by Crippen LogP contribution is -2.15. The summed E-state index contributed by atoms with van der Waals surface area (Å²) in [6.45, 7) is 5.34. The number of benzene rings is 1. The molecular formula is C17H18N2O4S. The van der Waals surface area contributed by atoms with Crippen LogP contribution < -0.4 is 11.1 Å². The Labute approximate surface area is 143 Å². The first-order chi connectivity index (χ1) is 11.3. The van der Waals surface area contributed by atoms with E-state index in [1.165, 1.54) is 0 Å². The largest absolute Gasteiger partial charge is 0.462 e. The number of anilines is 1. The van der Waals surface area contributed by atoms with E-state index in [-0.39, 0.29) is 28.0 Å². The van der Waals surface area contributed by atoms with Gasteiger partial charge in [-0.15, -0.1) is 11.3 Å². The van der Waals surface area contributed by atoms with E-state index < -0.39 is 11.9 Å². The van der Waals surface area contributed by atoms with Crippen molar-refractivity contribution in [2.24, 2.45) is 5.73 Å². The third-order valence-corrected chi connectivity index (χ3v) is 4.58. The standard InChI is InChI=1S/C17H18N2O4S/c1-4-23-17(22)12-10(3)13(14(18)20)24-16(12)19-15(21)11-7-5-6-9(2)8-11/h5-8H,4H2,1-3H3,(H2,18,20)(H,19,21). The number of amides is 2. The first kappa shape index (κ1) is 17.7. The molecule has 0 unspecified atom stereocenters. The lowest BCUT2D eigenvalue weighted by atomic mass is 10.1. The molecule has 1 aromatic heterocycles. The number of hydrogen-bond donors (Lipinski definition) is 2. The molecule has 6 nitrogen and oxygen atoms in total. The van der Waals surface area contributed by atoms with Gasteiger partial charge in [0.05, 0.1) is 17.0 Å². The van der Waals surface area contributed by atoms with Crippen LogP contribution in [0.3, 0.4) is 0 Å². The zero-order chi connectivity index (χ0) is 17.9. The van der Waals surface area contributed by atoms with Crippen LogP contribution in [0.2, 0.25) is 0 Å². The van der Waals surface area contributed by atoms with E-state index >= 15 is 0 Å². The van der Waals surface area contributed by atoms with Crippen molar-refractivity contribution in [3.8, 4) is 0 Å². The molecule has 126 valence electrons. The van der Waals surface area contributed by atoms with Crippen LogP contribution in [0.4, 0.5) is 5.00 Å². The van der Waals surface area contributed by atoms with Crippen molar-refractivity contribution in [2.75, 3.05) is 11.9 Å². The third kappa shape index (κ3) is 3.62. The Morgan fingerprint density at radius 2 is 1.96 bits per heavy atom. The van der Waals surface area contributed by atoms with Gasteiger partial charge < -0.3 is 15.8 Å². The summed E-state index contributed by atoms with van der Waals surface area (Å²) in [6.07, 6.45) is 0. The molecule has 2 rings (SSSR count). The molecule has 0 aliphatic rings. The van der Waals surface area contributed by atoms with Crippen LogP contribution in [0, 0.1) is 13.8 Å². The molecule has 0 aliphatic carbocycles. The van der Waals surface area contributed by atoms with Gasteiger partial charge in [0, 0.05) is 5.56 Å². The number of nitrogens with two attached hydrogens (primary N) is 1. The van der Waals surface area contributed by atoms with Crippen molar-refractivity contribution >= 4 is 34.1 Å². The van der Waals surface area contributed by atoms with E-state index in [2.05, 4.69) is 5.32 Å². The molecule has 24 heavy (non-hydrogen) atoms. The van der Waals surface area contributed by atoms with Gasteiger partial charge >= 0.3 is 5.97 Å². The molecule has 0 saturated carbocycles. The van der Waals surface area contributed by atoms with Gasteiger partial charge in [0.25, 0.3) is 11.8 Å². The summed E-state index contributed by atoms with van der Waals surface area (Å²) in [7, 11) is 0. The van der Waals surface area contributed by atoms with Gasteiger partial charge in [-0.25, -0.2) is 4.79 Å². The second kappa shape index (κ2) is 7.27. The van der Waals surface area contributed by atoms with Crippen molar-refractivity contribution in [3.63, 3.8) is 0 Å². The van der Waals surface area contributed by atoms with E-state index in [1.54, 1.807) is 32.0 Å². The highest BCUT2D eigenvalue weighted by Gasteiger charge is 2.25. The SMILES string of the molecule is CCOC(=O)c1c(NC(=O)c2cccc(C)c2)sc(C(N)=O)c1C. The number of nitrogens with one attached hydrogen (secondary N) is 1. The molecular weight excluding hydrogens is 328 g/mol. The zero-order valence-corrected chi connectivity index (χ0v) is 14.5. The quantitative estimate of drug-likeness (QED) is 0.813. The second-order valence-corrected chi connectivity index (χ2v) is 6.19. The summed E-state index contributed by atoms with van der Waals surface area (Å²) in [5, 5.41) is 2.94. The Morgan fingerprint density at radius 1 is 1.25 bits per heavy atom. The second-order valence-electron chi connectivity index (χ2n) is 5.17. The Hall–Kier alpha value is -2.67. The van der Waals surface area contributed by atoms with E-state index in [0.717, 1.165) is 16.9 Å². The smallest absolute Gasteiger partial charge is 0.341 e. The summed E-state index contributed by atoms with van der Waals surface area (Å²) < 4.78 is 5.01. The first-order valence-corrected chi connectivity index (χ1v) is 8.15. The molecule has 0 radical (unpaired) electrons. The summed E-state index contributed by atoms with van der Waals surface area (Å²) in [5.74, 6) is -1.63. The Morgan fingerprint density at radius 3 is 2.54 bits per heavy atom. The number of carbonyl (C=O) groups excluding carboxylic acids is 3. The summed E-state index contributed by atoms with van der Waals surface area (Å²) in [6, 6.07) is 7.04. The fraction of sp³-hybridized carbons (Fsp3) is 0.235. The van der Waals surface area contributed by atoms with Gasteiger partial charge in [-0.05, 0) is 38.5 Å². The van der Waals surface area contributed by atoms with Gasteiger partial charge in [0.1, 0.15) is 5.00 Å². The number of hydrogen-bond acceptors (Lipinski definition) is 5. The number of primary amides is 1. The Bertz CT molecular complexity index is 811. The maximum atomic E-state index is 12.4. The number of esters is 1. The topological polar surface area (TPSA) is 98.5 Å². The van der Waals surface area contributed by atoms with Gasteiger partial charge in [-0.1, -0.05) is 17.7 Å². The van der Waals surface area contributed by atoms with Crippen LogP contribution in [0.1, 0.15) is 48.4 Å². The van der Waals surface area contributed by atoms with Gasteiger partial charge in [-0.3, -0.25) is 9.59 Å². The lowest BCUT2D eigenvalue weighted by Gasteiger charge is -2.07. The Kier molecular flexibility index (Phi) is 5.35. The average Bonchev–Trinajstić information content (AvgIpc) is 2.84. The van der Waals surface area contributed by atoms with Crippen molar-refractivity contribution in [1.29, 1.82) is 0 Å². The van der Waals surface area contributed by atoms with Crippen LogP contribution in [0.15, 0.2) is 24.3 Å². The molecule has 3 N–H and O–H groups in total. The normalized spacial score (nSPS) is 10.3. The zero-order valence-electron chi connectivity index (χ0n) is 13.6. The average molecular weight is 346 g/mol. The highest BCUT2D eigenvalue weighted by atomic mass is 32.1. The van der Waals surface area contributed by atoms with Crippen LogP contribution in [-0.4, -0.2) is 24.4 Å². The molecule has 0 bridgehead atoms. The van der Waals surface area contributed by atoms with Gasteiger partial charge in [-0.2, -0.15) is 0 Å². The minimum absolute atomic E-state index is 0.164. The number of ether oxygens (including phenoxy) is 1. The van der Waals surface area contributed by atoms with Crippen molar-refractivity contribution in [2.45, 2.75) is 20.8 Å². The Balaban J connectivity index is 2.41. The molecule has 2 amide bonds. The first-order valence-electron chi connectivity index (χ1n) is 7.33. The number of rotatable bonds is 5. The van der Waals surface area contributed by atoms with Crippen molar-refractivity contribution in [1.82, 2.24) is 0 Å². The van der Waals surface area contributed by atoms with Gasteiger partial charge in [0.2, 0.25) is 0 Å². The summed E-state index contributed by atoms with van der Waals surface area (Å²) >= 11 is 0.968. The summed E-state index contributed by atoms with van der Waals surface area (Å²) in [4.78, 5) is 36.3. The van der Waals surface area contributed by atoms with E-state index in [9.17, 15) is 14.4 Å². The molecule has 1 aromatic carbocycles. The highest BCUT2D eigenvalue weighted by molar-refractivity contribution is 7.18. The molecule has 0 atom stereocenters. The fourth-order valence-electron chi connectivity index (χ4n) is 2.25. The molecule has 0 fully saturated rings. The minimum Gasteiger partial charge on any atom is -0.462 e. The van der Waals surface area contributed by atoms with Crippen molar-refractivity contribution < 1.29 is 19.1 Å². The predicted octanol–water partition coefficient (Wildman–Crippen LogP) is 2.89. The maximum absolute atomic E-state index is 12.4.